The van der Waals surface area contributed by atoms with Crippen molar-refractivity contribution in [3.8, 4) is 0 Å². The van der Waals surface area contributed by atoms with Crippen molar-refractivity contribution in [1.29, 1.82) is 0 Å². The van der Waals surface area contributed by atoms with E-state index in [1.165, 1.54) is 6.07 Å². The number of fused-ring (bicyclic) bond motifs is 1. The molecule has 1 atom stereocenters. The molecule has 28 heavy (non-hydrogen) atoms. The normalized spacial score (nSPS) is 13.9. The van der Waals surface area contributed by atoms with E-state index in [9.17, 15) is 33.5 Å². The van der Waals surface area contributed by atoms with Crippen LogP contribution in [0.1, 0.15) is 0 Å². The van der Waals surface area contributed by atoms with E-state index in [0.717, 1.165) is 0 Å². The third kappa shape index (κ3) is 7.46. The van der Waals surface area contributed by atoms with Crippen LogP contribution in [0.5, 0.6) is 0 Å². The molecular weight excluding hydrogens is 418 g/mol. The zero-order valence-electron chi connectivity index (χ0n) is 14.5. The van der Waals surface area contributed by atoms with Crippen LogP contribution in [0.25, 0.3) is 11.0 Å². The molecule has 0 fully saturated rings. The molecule has 3 N–H and O–H groups in total. The van der Waals surface area contributed by atoms with Gasteiger partial charge in [0.25, 0.3) is 5.56 Å². The maximum absolute atomic E-state index is 11.9. The first-order chi connectivity index (χ1) is 12.9. The van der Waals surface area contributed by atoms with Gasteiger partial charge in [-0.3, -0.25) is 9.78 Å². The number of aromatic amines is 1. The average Bonchev–Trinajstić information content (AvgIpc) is 2.92. The molecule has 158 valence electrons. The van der Waals surface area contributed by atoms with Gasteiger partial charge >= 0.3 is 0 Å². The standard InChI is InChI=1S/C13H22N4O9P2/c14-13-15-11-10(12(18)16-13)1-2-17(11)5-9(7-26-8-28(22,23)24)6-25-3-4-27(19,20)21/h1-2,9H,3-8H2,(H2,19,20,21)(H2,22,23,24)(H3,14,15,16,18)/p-4. The van der Waals surface area contributed by atoms with Crippen LogP contribution in [-0.2, 0) is 25.1 Å². The molecule has 0 radical (unpaired) electrons. The predicted molar refractivity (Wildman–Crippen MR) is 90.0 cm³/mol. The summed E-state index contributed by atoms with van der Waals surface area (Å²) in [4.78, 5) is 60.9. The minimum atomic E-state index is -4.86. The number of rotatable bonds is 11. The van der Waals surface area contributed by atoms with Gasteiger partial charge in [-0.05, 0) is 19.8 Å². The van der Waals surface area contributed by atoms with Gasteiger partial charge < -0.3 is 48.5 Å². The Morgan fingerprint density at radius 2 is 1.86 bits per heavy atom. The summed E-state index contributed by atoms with van der Waals surface area (Å²) in [6.07, 6.45) is -0.164. The molecule has 0 saturated heterocycles. The molecule has 2 aromatic heterocycles. The first-order valence-corrected chi connectivity index (χ1v) is 11.4. The number of nitrogens with zero attached hydrogens (tertiary/aromatic N) is 2. The summed E-state index contributed by atoms with van der Waals surface area (Å²) in [7, 11) is -9.57. The maximum atomic E-state index is 11.9. The fourth-order valence-electron chi connectivity index (χ4n) is 2.43. The van der Waals surface area contributed by atoms with E-state index in [1.54, 1.807) is 10.8 Å². The average molecular weight is 436 g/mol. The highest BCUT2D eigenvalue weighted by Crippen LogP contribution is 2.24. The first-order valence-electron chi connectivity index (χ1n) is 7.97. The van der Waals surface area contributed by atoms with Crippen molar-refractivity contribution in [2.45, 2.75) is 6.54 Å². The van der Waals surface area contributed by atoms with Gasteiger partial charge in [0.05, 0.1) is 31.6 Å². The fraction of sp³-hybridized carbons (Fsp3) is 0.538. The molecule has 0 aliphatic carbocycles. The monoisotopic (exact) mass is 436 g/mol. The topological polar surface area (TPSA) is 222 Å². The molecule has 0 spiro atoms. The number of anilines is 1. The lowest BCUT2D eigenvalue weighted by Gasteiger charge is -2.30. The Labute approximate surface area is 158 Å². The zero-order chi connectivity index (χ0) is 20.9. The minimum absolute atomic E-state index is 0.0956. The van der Waals surface area contributed by atoms with Crippen molar-refractivity contribution in [2.75, 3.05) is 38.1 Å². The highest BCUT2D eigenvalue weighted by molar-refractivity contribution is 7.48. The van der Waals surface area contributed by atoms with Gasteiger partial charge in [0.15, 0.2) is 0 Å². The molecule has 2 heterocycles. The maximum Gasteiger partial charge on any atom is 0.261 e. The van der Waals surface area contributed by atoms with E-state index in [4.69, 9.17) is 15.2 Å². The summed E-state index contributed by atoms with van der Waals surface area (Å²) in [5, 5.41) is 0.275. The Morgan fingerprint density at radius 1 is 1.18 bits per heavy atom. The number of nitrogen functional groups attached to an aromatic ring is 1. The fourth-order valence-corrected chi connectivity index (χ4v) is 3.11. The second-order valence-corrected chi connectivity index (χ2v) is 9.19. The number of hydrogen-bond donors (Lipinski definition) is 2. The van der Waals surface area contributed by atoms with Gasteiger partial charge in [-0.25, -0.2) is 0 Å². The van der Waals surface area contributed by atoms with Crippen LogP contribution in [0, 0.1) is 5.92 Å². The molecule has 0 aliphatic rings. The predicted octanol–water partition coefficient (Wildman–Crippen LogP) is -3.26. The summed E-state index contributed by atoms with van der Waals surface area (Å²) >= 11 is 0. The van der Waals surface area contributed by atoms with Gasteiger partial charge in [-0.15, -0.1) is 0 Å². The van der Waals surface area contributed by atoms with Crippen molar-refractivity contribution in [1.82, 2.24) is 14.5 Å². The van der Waals surface area contributed by atoms with Crippen molar-refractivity contribution in [3.05, 3.63) is 22.6 Å². The van der Waals surface area contributed by atoms with E-state index >= 15 is 0 Å². The number of ether oxygens (including phenoxy) is 2. The van der Waals surface area contributed by atoms with Gasteiger partial charge in [-0.2, -0.15) is 4.98 Å². The van der Waals surface area contributed by atoms with E-state index < -0.39 is 39.2 Å². The lowest BCUT2D eigenvalue weighted by atomic mass is 10.2. The zero-order valence-corrected chi connectivity index (χ0v) is 16.3. The Bertz CT molecular complexity index is 947. The van der Waals surface area contributed by atoms with Crippen LogP contribution in [0.3, 0.4) is 0 Å². The third-order valence-corrected chi connectivity index (χ3v) is 4.80. The molecule has 2 aromatic rings. The Hall–Kier alpha value is -1.56. The summed E-state index contributed by atoms with van der Waals surface area (Å²) in [5.74, 6) is -0.635. The Kier molecular flexibility index (Phi) is 7.54. The molecular formula is C13H18N4O9P2-4. The van der Waals surface area contributed by atoms with Crippen LogP contribution in [0.4, 0.5) is 5.95 Å². The molecule has 0 bridgehead atoms. The van der Waals surface area contributed by atoms with Gasteiger partial charge in [0, 0.05) is 18.7 Å². The largest absolute Gasteiger partial charge is 0.811 e. The van der Waals surface area contributed by atoms with Crippen LogP contribution in [0.2, 0.25) is 0 Å². The number of aromatic nitrogens is 3. The van der Waals surface area contributed by atoms with Crippen molar-refractivity contribution in [2.24, 2.45) is 5.92 Å². The third-order valence-electron chi connectivity index (χ3n) is 3.57. The van der Waals surface area contributed by atoms with Crippen molar-refractivity contribution in [3.63, 3.8) is 0 Å². The van der Waals surface area contributed by atoms with Crippen molar-refractivity contribution < 1.29 is 38.2 Å². The second kappa shape index (κ2) is 9.29. The number of hydrogen-bond acceptors (Lipinski definition) is 11. The van der Waals surface area contributed by atoms with Crippen LogP contribution < -0.4 is 30.9 Å². The van der Waals surface area contributed by atoms with E-state index in [-0.39, 0.29) is 43.3 Å². The van der Waals surface area contributed by atoms with E-state index in [1.807, 2.05) is 0 Å². The highest BCUT2D eigenvalue weighted by Gasteiger charge is 2.15. The summed E-state index contributed by atoms with van der Waals surface area (Å²) in [6, 6.07) is 1.51. The lowest BCUT2D eigenvalue weighted by Crippen LogP contribution is -2.26. The quantitative estimate of drug-likeness (QED) is 0.263. The van der Waals surface area contributed by atoms with Crippen LogP contribution in [0.15, 0.2) is 17.1 Å². The number of H-pyrrole nitrogens is 1. The van der Waals surface area contributed by atoms with Crippen LogP contribution in [-0.4, -0.2) is 46.9 Å². The molecule has 1 unspecified atom stereocenters. The molecule has 13 nitrogen and oxygen atoms in total. The molecule has 0 aliphatic heterocycles. The van der Waals surface area contributed by atoms with Gasteiger partial charge in [-0.1, -0.05) is 7.60 Å². The molecule has 15 heteroatoms. The van der Waals surface area contributed by atoms with Gasteiger partial charge in [0.1, 0.15) is 5.65 Å². The van der Waals surface area contributed by atoms with Crippen molar-refractivity contribution >= 4 is 32.2 Å². The second-order valence-electron chi connectivity index (χ2n) is 6.04. The summed E-state index contributed by atoms with van der Waals surface area (Å²) in [6.45, 7) is -0.521. The first kappa shape index (κ1) is 22.7. The number of nitrogens with two attached hydrogens (primary N) is 1. The van der Waals surface area contributed by atoms with Gasteiger partial charge in [0.2, 0.25) is 5.95 Å². The Morgan fingerprint density at radius 3 is 2.50 bits per heavy atom. The smallest absolute Gasteiger partial charge is 0.261 e. The summed E-state index contributed by atoms with van der Waals surface area (Å²) < 4.78 is 32.9. The molecule has 0 aromatic carbocycles. The lowest BCUT2D eigenvalue weighted by molar-refractivity contribution is -0.319. The number of nitrogens with one attached hydrogen (secondary N) is 1. The van der Waals surface area contributed by atoms with E-state index in [2.05, 4.69) is 9.97 Å². The minimum Gasteiger partial charge on any atom is -0.811 e. The Balaban J connectivity index is 2.08. The van der Waals surface area contributed by atoms with E-state index in [0.29, 0.717) is 0 Å². The SMILES string of the molecule is Nc1nc2c(ccn2CC(COCCP(=O)([O-])[O-])COCP(=O)([O-])[O-])c(=O)[nH]1. The molecule has 0 saturated carbocycles. The van der Waals surface area contributed by atoms with Crippen LogP contribution >= 0.6 is 15.2 Å². The molecule has 0 amide bonds. The summed E-state index contributed by atoms with van der Waals surface area (Å²) in [5.41, 5.74) is 5.37. The molecule has 2 rings (SSSR count). The highest BCUT2D eigenvalue weighted by atomic mass is 31.2.